The highest BCUT2D eigenvalue weighted by Gasteiger charge is 2.40. The maximum absolute atomic E-state index is 13.2. The van der Waals surface area contributed by atoms with Gasteiger partial charge in [0, 0.05) is 38.8 Å². The molecule has 1 aliphatic rings. The molecule has 1 aromatic heterocycles. The van der Waals surface area contributed by atoms with Crippen molar-refractivity contribution in [2.24, 2.45) is 5.41 Å². The highest BCUT2D eigenvalue weighted by atomic mass is 16.5. The van der Waals surface area contributed by atoms with Crippen LogP contribution in [0.5, 0.6) is 0 Å². The van der Waals surface area contributed by atoms with E-state index < -0.39 is 5.41 Å². The summed E-state index contributed by atoms with van der Waals surface area (Å²) in [4.78, 5) is 17.4. The molecule has 0 saturated carbocycles. The van der Waals surface area contributed by atoms with Gasteiger partial charge < -0.3 is 14.8 Å². The van der Waals surface area contributed by atoms with Crippen molar-refractivity contribution in [3.63, 3.8) is 0 Å². The fourth-order valence-corrected chi connectivity index (χ4v) is 3.80. The first kappa shape index (κ1) is 20.5. The Balaban J connectivity index is 1.76. The van der Waals surface area contributed by atoms with Gasteiger partial charge in [-0.15, -0.1) is 0 Å². The highest BCUT2D eigenvalue weighted by molar-refractivity contribution is 5.83. The number of rotatable bonds is 8. The molecule has 1 atom stereocenters. The number of benzene rings is 1. The Morgan fingerprint density at radius 2 is 2.04 bits per heavy atom. The zero-order valence-electron chi connectivity index (χ0n) is 16.8. The second-order valence-electron chi connectivity index (χ2n) is 7.49. The number of nitrogens with one attached hydrogen (secondary N) is 1. The number of amides is 1. The SMILES string of the molecule is CCOC(C)CNC(=O)C1(Cc2cccc(-c3cccnc3)c2)CCOCC1. The van der Waals surface area contributed by atoms with E-state index in [-0.39, 0.29) is 12.0 Å². The first-order valence-electron chi connectivity index (χ1n) is 10.1. The largest absolute Gasteiger partial charge is 0.381 e. The Kier molecular flexibility index (Phi) is 7.18. The number of ether oxygens (including phenoxy) is 2. The first-order chi connectivity index (χ1) is 13.6. The van der Waals surface area contributed by atoms with Crippen LogP contribution in [0.1, 0.15) is 32.3 Å². The average molecular weight is 383 g/mol. The van der Waals surface area contributed by atoms with Crippen LogP contribution in [0.4, 0.5) is 0 Å². The third kappa shape index (κ3) is 5.18. The van der Waals surface area contributed by atoms with E-state index in [0.29, 0.717) is 32.8 Å². The van der Waals surface area contributed by atoms with E-state index in [9.17, 15) is 4.79 Å². The number of aromatic nitrogens is 1. The zero-order valence-corrected chi connectivity index (χ0v) is 16.8. The number of carbonyl (C=O) groups excluding carboxylic acids is 1. The molecule has 1 saturated heterocycles. The smallest absolute Gasteiger partial charge is 0.226 e. The number of carbonyl (C=O) groups is 1. The molecular weight excluding hydrogens is 352 g/mol. The van der Waals surface area contributed by atoms with Crippen molar-refractivity contribution in [2.75, 3.05) is 26.4 Å². The molecule has 1 amide bonds. The van der Waals surface area contributed by atoms with E-state index in [2.05, 4.69) is 40.6 Å². The van der Waals surface area contributed by atoms with Crippen LogP contribution in [0.2, 0.25) is 0 Å². The second kappa shape index (κ2) is 9.80. The van der Waals surface area contributed by atoms with Crippen LogP contribution in [0, 0.1) is 5.41 Å². The van der Waals surface area contributed by atoms with Crippen molar-refractivity contribution in [1.29, 1.82) is 0 Å². The summed E-state index contributed by atoms with van der Waals surface area (Å²) in [6.45, 7) is 6.38. The topological polar surface area (TPSA) is 60.5 Å². The third-order valence-corrected chi connectivity index (χ3v) is 5.40. The van der Waals surface area contributed by atoms with Crippen LogP contribution in [-0.4, -0.2) is 43.4 Å². The normalized spacial score (nSPS) is 17.1. The summed E-state index contributed by atoms with van der Waals surface area (Å²) in [6, 6.07) is 12.4. The molecule has 2 aromatic rings. The number of hydrogen-bond donors (Lipinski definition) is 1. The fraction of sp³-hybridized carbons (Fsp3) is 0.478. The summed E-state index contributed by atoms with van der Waals surface area (Å²) in [6.07, 6.45) is 5.83. The summed E-state index contributed by atoms with van der Waals surface area (Å²) in [7, 11) is 0. The Bertz CT molecular complexity index is 757. The summed E-state index contributed by atoms with van der Waals surface area (Å²) in [5, 5.41) is 3.11. The van der Waals surface area contributed by atoms with Gasteiger partial charge in [-0.3, -0.25) is 9.78 Å². The molecule has 1 unspecified atom stereocenters. The number of nitrogens with zero attached hydrogens (tertiary/aromatic N) is 1. The molecule has 2 heterocycles. The molecule has 3 rings (SSSR count). The molecule has 0 spiro atoms. The summed E-state index contributed by atoms with van der Waals surface area (Å²) >= 11 is 0. The van der Waals surface area contributed by atoms with Crippen LogP contribution < -0.4 is 5.32 Å². The van der Waals surface area contributed by atoms with Gasteiger partial charge in [-0.05, 0) is 55.9 Å². The second-order valence-corrected chi connectivity index (χ2v) is 7.49. The molecule has 5 nitrogen and oxygen atoms in total. The van der Waals surface area contributed by atoms with Crippen molar-refractivity contribution in [1.82, 2.24) is 10.3 Å². The highest BCUT2D eigenvalue weighted by Crippen LogP contribution is 2.35. The van der Waals surface area contributed by atoms with Gasteiger partial charge in [0.1, 0.15) is 0 Å². The fourth-order valence-electron chi connectivity index (χ4n) is 3.80. The summed E-state index contributed by atoms with van der Waals surface area (Å²) < 4.78 is 11.1. The van der Waals surface area contributed by atoms with Gasteiger partial charge in [-0.1, -0.05) is 30.3 Å². The van der Waals surface area contributed by atoms with Crippen molar-refractivity contribution in [3.8, 4) is 11.1 Å². The summed E-state index contributed by atoms with van der Waals surface area (Å²) in [5.74, 6) is 0.106. The Morgan fingerprint density at radius 3 is 2.75 bits per heavy atom. The van der Waals surface area contributed by atoms with Gasteiger partial charge in [0.2, 0.25) is 5.91 Å². The molecule has 0 bridgehead atoms. The molecule has 0 aliphatic carbocycles. The van der Waals surface area contributed by atoms with E-state index >= 15 is 0 Å². The van der Waals surface area contributed by atoms with Crippen molar-refractivity contribution in [3.05, 3.63) is 54.4 Å². The van der Waals surface area contributed by atoms with Crippen molar-refractivity contribution >= 4 is 5.91 Å². The van der Waals surface area contributed by atoms with Crippen LogP contribution in [0.25, 0.3) is 11.1 Å². The van der Waals surface area contributed by atoms with Gasteiger partial charge in [-0.25, -0.2) is 0 Å². The first-order valence-corrected chi connectivity index (χ1v) is 10.1. The van der Waals surface area contributed by atoms with Gasteiger partial charge in [0.25, 0.3) is 0 Å². The lowest BCUT2D eigenvalue weighted by Crippen LogP contribution is -2.47. The van der Waals surface area contributed by atoms with Crippen molar-refractivity contribution in [2.45, 2.75) is 39.2 Å². The molecule has 0 radical (unpaired) electrons. The van der Waals surface area contributed by atoms with E-state index in [1.165, 1.54) is 0 Å². The molecular formula is C23H30N2O3. The predicted molar refractivity (Wildman–Crippen MR) is 110 cm³/mol. The van der Waals surface area contributed by atoms with Gasteiger partial charge in [-0.2, -0.15) is 0 Å². The van der Waals surface area contributed by atoms with E-state index in [1.54, 1.807) is 6.20 Å². The lowest BCUT2D eigenvalue weighted by atomic mass is 9.74. The Morgan fingerprint density at radius 1 is 1.25 bits per heavy atom. The minimum atomic E-state index is -0.433. The lowest BCUT2D eigenvalue weighted by molar-refractivity contribution is -0.137. The number of pyridine rings is 1. The molecule has 1 aliphatic heterocycles. The maximum atomic E-state index is 13.2. The van der Waals surface area contributed by atoms with Crippen molar-refractivity contribution < 1.29 is 14.3 Å². The van der Waals surface area contributed by atoms with Crippen LogP contribution in [0.15, 0.2) is 48.8 Å². The van der Waals surface area contributed by atoms with Crippen LogP contribution >= 0.6 is 0 Å². The van der Waals surface area contributed by atoms with Gasteiger partial charge >= 0.3 is 0 Å². The average Bonchev–Trinajstić information content (AvgIpc) is 2.74. The zero-order chi connectivity index (χ0) is 19.8. The molecule has 1 fully saturated rings. The van der Waals surface area contributed by atoms with E-state index in [0.717, 1.165) is 29.5 Å². The van der Waals surface area contributed by atoms with Gasteiger partial charge in [0.05, 0.1) is 11.5 Å². The van der Waals surface area contributed by atoms with E-state index in [4.69, 9.17) is 9.47 Å². The minimum absolute atomic E-state index is 0.0137. The Hall–Kier alpha value is -2.24. The maximum Gasteiger partial charge on any atom is 0.226 e. The summed E-state index contributed by atoms with van der Waals surface area (Å²) in [5.41, 5.74) is 2.94. The van der Waals surface area contributed by atoms with Crippen LogP contribution in [0.3, 0.4) is 0 Å². The molecule has 1 N–H and O–H groups in total. The molecule has 150 valence electrons. The Labute approximate surface area is 167 Å². The minimum Gasteiger partial charge on any atom is -0.381 e. The molecule has 28 heavy (non-hydrogen) atoms. The quantitative estimate of drug-likeness (QED) is 0.757. The monoisotopic (exact) mass is 382 g/mol. The molecule has 5 heteroatoms. The lowest BCUT2D eigenvalue weighted by Gasteiger charge is -2.36. The third-order valence-electron chi connectivity index (χ3n) is 5.40. The van der Waals surface area contributed by atoms with Gasteiger partial charge in [0.15, 0.2) is 0 Å². The predicted octanol–water partition coefficient (Wildman–Crippen LogP) is 3.63. The molecule has 1 aromatic carbocycles. The number of hydrogen-bond acceptors (Lipinski definition) is 4. The van der Waals surface area contributed by atoms with E-state index in [1.807, 2.05) is 26.1 Å². The standard InChI is InChI=1S/C23H30N2O3/c1-3-28-18(2)16-25-22(26)23(9-12-27-13-10-23)15-19-6-4-7-20(14-19)21-8-5-11-24-17-21/h4-8,11,14,17-18H,3,9-10,12-13,15-16H2,1-2H3,(H,25,26). The van der Waals surface area contributed by atoms with Crippen LogP contribution in [-0.2, 0) is 20.7 Å².